The van der Waals surface area contributed by atoms with E-state index in [1.807, 2.05) is 36.6 Å². The number of hydrogen-bond acceptors (Lipinski definition) is 4. The van der Waals surface area contributed by atoms with Crippen molar-refractivity contribution in [1.29, 1.82) is 0 Å². The summed E-state index contributed by atoms with van der Waals surface area (Å²) in [6.07, 6.45) is 2.55. The van der Waals surface area contributed by atoms with Gasteiger partial charge in [0.1, 0.15) is 6.04 Å². The van der Waals surface area contributed by atoms with Gasteiger partial charge >= 0.3 is 0 Å². The van der Waals surface area contributed by atoms with Crippen LogP contribution in [0.15, 0.2) is 35.2 Å². The molecule has 1 N–H and O–H groups in total. The average molecular weight is 343 g/mol. The monoisotopic (exact) mass is 343 g/mol. The summed E-state index contributed by atoms with van der Waals surface area (Å²) in [5.41, 5.74) is 4.74. The highest BCUT2D eigenvalue weighted by Gasteiger charge is 2.30. The molecule has 0 aliphatic carbocycles. The molecule has 0 saturated carbocycles. The quantitative estimate of drug-likeness (QED) is 0.908. The molecule has 0 radical (unpaired) electrons. The van der Waals surface area contributed by atoms with Crippen molar-refractivity contribution in [3.05, 3.63) is 46.4 Å². The highest BCUT2D eigenvalue weighted by Crippen LogP contribution is 2.21. The molecule has 1 aromatic carbocycles. The SMILES string of the molecule is Cc1ccc(N2CCCC(NC(=O)CCc3cscn3)C2=O)cc1. The Balaban J connectivity index is 1.58. The number of carbonyl (C=O) groups excluding carboxylic acids is 2. The Labute approximate surface area is 145 Å². The summed E-state index contributed by atoms with van der Waals surface area (Å²) in [5.74, 6) is -0.112. The van der Waals surface area contributed by atoms with Crippen LogP contribution >= 0.6 is 11.3 Å². The molecular weight excluding hydrogens is 322 g/mol. The molecule has 6 heteroatoms. The molecule has 1 fully saturated rings. The number of rotatable bonds is 5. The number of benzene rings is 1. The van der Waals surface area contributed by atoms with Crippen molar-refractivity contribution in [2.75, 3.05) is 11.4 Å². The minimum Gasteiger partial charge on any atom is -0.344 e. The Hall–Kier alpha value is -2.21. The van der Waals surface area contributed by atoms with E-state index in [1.165, 1.54) is 11.3 Å². The molecule has 2 heterocycles. The summed E-state index contributed by atoms with van der Waals surface area (Å²) >= 11 is 1.52. The van der Waals surface area contributed by atoms with E-state index >= 15 is 0 Å². The normalized spacial score (nSPS) is 17.8. The van der Waals surface area contributed by atoms with Crippen LogP contribution in [0.4, 0.5) is 5.69 Å². The van der Waals surface area contributed by atoms with E-state index in [9.17, 15) is 9.59 Å². The fourth-order valence-electron chi connectivity index (χ4n) is 2.86. The summed E-state index contributed by atoms with van der Waals surface area (Å²) in [7, 11) is 0. The van der Waals surface area contributed by atoms with Gasteiger partial charge in [0, 0.05) is 24.0 Å². The number of nitrogens with zero attached hydrogens (tertiary/aromatic N) is 2. The second-order valence-corrected chi connectivity index (χ2v) is 6.79. The molecule has 24 heavy (non-hydrogen) atoms. The van der Waals surface area contributed by atoms with Gasteiger partial charge in [-0.3, -0.25) is 9.59 Å². The van der Waals surface area contributed by atoms with Crippen molar-refractivity contribution in [1.82, 2.24) is 10.3 Å². The fraction of sp³-hybridized carbons (Fsp3) is 0.389. The average Bonchev–Trinajstić information content (AvgIpc) is 3.09. The van der Waals surface area contributed by atoms with Gasteiger partial charge in [-0.05, 0) is 38.3 Å². The lowest BCUT2D eigenvalue weighted by atomic mass is 10.0. The highest BCUT2D eigenvalue weighted by molar-refractivity contribution is 7.07. The smallest absolute Gasteiger partial charge is 0.249 e. The first kappa shape index (κ1) is 16.6. The van der Waals surface area contributed by atoms with Gasteiger partial charge in [-0.2, -0.15) is 0 Å². The van der Waals surface area contributed by atoms with E-state index in [1.54, 1.807) is 10.4 Å². The van der Waals surface area contributed by atoms with Gasteiger partial charge in [-0.25, -0.2) is 4.98 Å². The summed E-state index contributed by atoms with van der Waals surface area (Å²) in [6.45, 7) is 2.72. The molecule has 1 saturated heterocycles. The number of piperidine rings is 1. The number of aryl methyl sites for hydroxylation is 2. The molecule has 1 aliphatic heterocycles. The predicted molar refractivity (Wildman–Crippen MR) is 95.1 cm³/mol. The van der Waals surface area contributed by atoms with Crippen LogP contribution in [-0.2, 0) is 16.0 Å². The Bertz CT molecular complexity index is 698. The number of carbonyl (C=O) groups is 2. The zero-order chi connectivity index (χ0) is 16.9. The standard InChI is InChI=1S/C18H21N3O2S/c1-13-4-7-15(8-5-13)21-10-2-3-16(18(21)23)20-17(22)9-6-14-11-24-12-19-14/h4-5,7-8,11-12,16H,2-3,6,9-10H2,1H3,(H,20,22). The Morgan fingerprint density at radius 3 is 2.88 bits per heavy atom. The maximum atomic E-state index is 12.7. The van der Waals surface area contributed by atoms with Crippen LogP contribution in [0.2, 0.25) is 0 Å². The number of nitrogens with one attached hydrogen (secondary N) is 1. The van der Waals surface area contributed by atoms with Crippen LogP contribution in [-0.4, -0.2) is 29.4 Å². The molecule has 3 rings (SSSR count). The number of amides is 2. The Kier molecular flexibility index (Phi) is 5.25. The molecule has 1 atom stereocenters. The van der Waals surface area contributed by atoms with Gasteiger partial charge in [-0.1, -0.05) is 17.7 Å². The highest BCUT2D eigenvalue weighted by atomic mass is 32.1. The summed E-state index contributed by atoms with van der Waals surface area (Å²) in [4.78, 5) is 30.8. The molecular formula is C18H21N3O2S. The molecule has 5 nitrogen and oxygen atoms in total. The molecule has 126 valence electrons. The van der Waals surface area contributed by atoms with Crippen molar-refractivity contribution in [2.45, 2.75) is 38.6 Å². The lowest BCUT2D eigenvalue weighted by Crippen LogP contribution is -2.52. The Morgan fingerprint density at radius 1 is 1.38 bits per heavy atom. The first-order valence-electron chi connectivity index (χ1n) is 8.18. The lowest BCUT2D eigenvalue weighted by molar-refractivity contribution is -0.128. The van der Waals surface area contributed by atoms with E-state index in [-0.39, 0.29) is 11.8 Å². The third kappa shape index (κ3) is 4.00. The molecule has 1 aliphatic rings. The van der Waals surface area contributed by atoms with Gasteiger partial charge < -0.3 is 10.2 Å². The minimum absolute atomic E-state index is 0.0212. The number of anilines is 1. The van der Waals surface area contributed by atoms with Gasteiger partial charge in [0.25, 0.3) is 0 Å². The fourth-order valence-corrected chi connectivity index (χ4v) is 3.45. The van der Waals surface area contributed by atoms with Crippen LogP contribution in [0.1, 0.15) is 30.5 Å². The van der Waals surface area contributed by atoms with Crippen molar-refractivity contribution < 1.29 is 9.59 Å². The van der Waals surface area contributed by atoms with Crippen molar-refractivity contribution >= 4 is 28.8 Å². The van der Waals surface area contributed by atoms with Crippen LogP contribution in [0.25, 0.3) is 0 Å². The van der Waals surface area contributed by atoms with Gasteiger partial charge in [-0.15, -0.1) is 11.3 Å². The second-order valence-electron chi connectivity index (χ2n) is 6.07. The zero-order valence-electron chi connectivity index (χ0n) is 13.7. The van der Waals surface area contributed by atoms with E-state index < -0.39 is 6.04 Å². The molecule has 1 unspecified atom stereocenters. The molecule has 0 bridgehead atoms. The zero-order valence-corrected chi connectivity index (χ0v) is 14.5. The maximum absolute atomic E-state index is 12.7. The number of hydrogen-bond donors (Lipinski definition) is 1. The van der Waals surface area contributed by atoms with E-state index in [2.05, 4.69) is 10.3 Å². The van der Waals surface area contributed by atoms with E-state index in [0.717, 1.165) is 23.4 Å². The van der Waals surface area contributed by atoms with Gasteiger partial charge in [0.15, 0.2) is 0 Å². The first-order chi connectivity index (χ1) is 11.6. The van der Waals surface area contributed by atoms with Crippen LogP contribution in [0, 0.1) is 6.92 Å². The minimum atomic E-state index is -0.428. The number of thiazole rings is 1. The van der Waals surface area contributed by atoms with Crippen molar-refractivity contribution in [3.8, 4) is 0 Å². The van der Waals surface area contributed by atoms with Crippen LogP contribution in [0.5, 0.6) is 0 Å². The molecule has 1 aromatic heterocycles. The summed E-state index contributed by atoms with van der Waals surface area (Å²) in [6, 6.07) is 7.49. The largest absolute Gasteiger partial charge is 0.344 e. The lowest BCUT2D eigenvalue weighted by Gasteiger charge is -2.32. The molecule has 2 aromatic rings. The summed E-state index contributed by atoms with van der Waals surface area (Å²) < 4.78 is 0. The van der Waals surface area contributed by atoms with Crippen LogP contribution < -0.4 is 10.2 Å². The van der Waals surface area contributed by atoms with E-state index in [0.29, 0.717) is 25.8 Å². The second kappa shape index (κ2) is 7.57. The third-order valence-corrected chi connectivity index (χ3v) is 4.85. The van der Waals surface area contributed by atoms with Crippen molar-refractivity contribution in [3.63, 3.8) is 0 Å². The van der Waals surface area contributed by atoms with Crippen LogP contribution in [0.3, 0.4) is 0 Å². The molecule has 0 spiro atoms. The van der Waals surface area contributed by atoms with E-state index in [4.69, 9.17) is 0 Å². The van der Waals surface area contributed by atoms with Gasteiger partial charge in [0.2, 0.25) is 11.8 Å². The third-order valence-electron chi connectivity index (χ3n) is 4.21. The number of aromatic nitrogens is 1. The van der Waals surface area contributed by atoms with Gasteiger partial charge in [0.05, 0.1) is 11.2 Å². The Morgan fingerprint density at radius 2 is 2.17 bits per heavy atom. The topological polar surface area (TPSA) is 62.3 Å². The first-order valence-corrected chi connectivity index (χ1v) is 9.12. The summed E-state index contributed by atoms with van der Waals surface area (Å²) in [5, 5.41) is 4.83. The molecule has 2 amide bonds. The maximum Gasteiger partial charge on any atom is 0.249 e. The van der Waals surface area contributed by atoms with Crippen molar-refractivity contribution in [2.24, 2.45) is 0 Å². The predicted octanol–water partition coefficient (Wildman–Crippen LogP) is 2.70.